The Balaban J connectivity index is 1.76. The van der Waals surface area contributed by atoms with Gasteiger partial charge in [-0.3, -0.25) is 4.79 Å². The van der Waals surface area contributed by atoms with Crippen molar-refractivity contribution in [1.82, 2.24) is 10.3 Å². The Kier molecular flexibility index (Phi) is 4.34. The van der Waals surface area contributed by atoms with Crippen molar-refractivity contribution in [2.45, 2.75) is 26.3 Å². The molecule has 0 aliphatic heterocycles. The summed E-state index contributed by atoms with van der Waals surface area (Å²) in [6.45, 7) is 3.60. The van der Waals surface area contributed by atoms with E-state index in [9.17, 15) is 13.6 Å². The molecule has 3 nitrogen and oxygen atoms in total. The zero-order valence-electron chi connectivity index (χ0n) is 13.5. The molecule has 2 aromatic carbocycles. The van der Waals surface area contributed by atoms with Crippen molar-refractivity contribution in [3.63, 3.8) is 0 Å². The van der Waals surface area contributed by atoms with Crippen molar-refractivity contribution in [2.75, 3.05) is 0 Å². The number of halogens is 2. The second-order valence-corrected chi connectivity index (χ2v) is 5.91. The number of fused-ring (bicyclic) bond motifs is 1. The molecule has 24 heavy (non-hydrogen) atoms. The van der Waals surface area contributed by atoms with Crippen LogP contribution in [0.25, 0.3) is 10.9 Å². The third kappa shape index (κ3) is 3.15. The van der Waals surface area contributed by atoms with Crippen molar-refractivity contribution >= 4 is 16.8 Å². The topological polar surface area (TPSA) is 44.9 Å². The van der Waals surface area contributed by atoms with Crippen LogP contribution in [0.1, 0.15) is 29.8 Å². The lowest BCUT2D eigenvalue weighted by Crippen LogP contribution is -2.28. The monoisotopic (exact) mass is 328 g/mol. The molecule has 1 amide bonds. The largest absolute Gasteiger partial charge is 0.358 e. The molecule has 5 heteroatoms. The average Bonchev–Trinajstić information content (AvgIpc) is 2.83. The van der Waals surface area contributed by atoms with Crippen LogP contribution in [0.5, 0.6) is 0 Å². The fraction of sp³-hybridized carbons (Fsp3) is 0.211. The SMILES string of the molecule is Cc1[nH]c2ccccc2c1CC(=O)NC(C)c1ccc(F)cc1F. The second-order valence-electron chi connectivity index (χ2n) is 5.91. The van der Waals surface area contributed by atoms with Gasteiger partial charge in [0, 0.05) is 28.2 Å². The second kappa shape index (κ2) is 6.43. The third-order valence-corrected chi connectivity index (χ3v) is 4.17. The van der Waals surface area contributed by atoms with Gasteiger partial charge in [-0.05, 0) is 31.5 Å². The number of carbonyl (C=O) groups is 1. The van der Waals surface area contributed by atoms with Crippen molar-refractivity contribution in [1.29, 1.82) is 0 Å². The van der Waals surface area contributed by atoms with Crippen LogP contribution >= 0.6 is 0 Å². The number of benzene rings is 2. The van der Waals surface area contributed by atoms with E-state index in [2.05, 4.69) is 10.3 Å². The number of aromatic nitrogens is 1. The van der Waals surface area contributed by atoms with Crippen molar-refractivity contribution in [2.24, 2.45) is 0 Å². The molecule has 124 valence electrons. The van der Waals surface area contributed by atoms with E-state index < -0.39 is 17.7 Å². The summed E-state index contributed by atoms with van der Waals surface area (Å²) in [4.78, 5) is 15.6. The molecule has 1 aromatic heterocycles. The molecule has 0 saturated carbocycles. The minimum Gasteiger partial charge on any atom is -0.358 e. The average molecular weight is 328 g/mol. The first-order chi connectivity index (χ1) is 11.5. The van der Waals surface area contributed by atoms with Crippen molar-refractivity contribution in [3.8, 4) is 0 Å². The van der Waals surface area contributed by atoms with Gasteiger partial charge in [-0.2, -0.15) is 0 Å². The Bertz CT molecular complexity index is 902. The molecule has 0 fully saturated rings. The third-order valence-electron chi connectivity index (χ3n) is 4.17. The summed E-state index contributed by atoms with van der Waals surface area (Å²) in [5.41, 5.74) is 3.11. The van der Waals surface area contributed by atoms with Gasteiger partial charge in [0.05, 0.1) is 12.5 Å². The van der Waals surface area contributed by atoms with Gasteiger partial charge in [0.1, 0.15) is 11.6 Å². The molecule has 0 saturated heterocycles. The van der Waals surface area contributed by atoms with E-state index in [4.69, 9.17) is 0 Å². The summed E-state index contributed by atoms with van der Waals surface area (Å²) in [5, 5.41) is 3.78. The van der Waals surface area contributed by atoms with Crippen LogP contribution in [0.15, 0.2) is 42.5 Å². The molecular weight excluding hydrogens is 310 g/mol. The zero-order chi connectivity index (χ0) is 17.3. The number of para-hydroxylation sites is 1. The standard InChI is InChI=1S/C19H18F2N2O/c1-11(14-8-7-13(20)9-17(14)21)23-19(24)10-16-12(2)22-18-6-4-3-5-15(16)18/h3-9,11,22H,10H2,1-2H3,(H,23,24). The lowest BCUT2D eigenvalue weighted by Gasteiger charge is -2.15. The number of hydrogen-bond donors (Lipinski definition) is 2. The fourth-order valence-electron chi connectivity index (χ4n) is 2.95. The highest BCUT2D eigenvalue weighted by Crippen LogP contribution is 2.23. The van der Waals surface area contributed by atoms with Gasteiger partial charge in [-0.15, -0.1) is 0 Å². The van der Waals surface area contributed by atoms with E-state index in [0.29, 0.717) is 0 Å². The van der Waals surface area contributed by atoms with E-state index in [0.717, 1.165) is 28.2 Å². The molecule has 3 rings (SSSR count). The van der Waals surface area contributed by atoms with Gasteiger partial charge >= 0.3 is 0 Å². The van der Waals surface area contributed by atoms with E-state index in [1.165, 1.54) is 12.1 Å². The normalized spacial score (nSPS) is 12.3. The van der Waals surface area contributed by atoms with Crippen LogP contribution in [0.4, 0.5) is 8.78 Å². The summed E-state index contributed by atoms with van der Waals surface area (Å²) in [7, 11) is 0. The number of hydrogen-bond acceptors (Lipinski definition) is 1. The first kappa shape index (κ1) is 16.2. The lowest BCUT2D eigenvalue weighted by molar-refractivity contribution is -0.121. The van der Waals surface area contributed by atoms with Crippen LogP contribution in [-0.4, -0.2) is 10.9 Å². The smallest absolute Gasteiger partial charge is 0.224 e. The zero-order valence-corrected chi connectivity index (χ0v) is 13.5. The highest BCUT2D eigenvalue weighted by Gasteiger charge is 2.17. The fourth-order valence-corrected chi connectivity index (χ4v) is 2.95. The molecular formula is C19H18F2N2O. The Labute approximate surface area is 138 Å². The molecule has 1 unspecified atom stereocenters. The van der Waals surface area contributed by atoms with Crippen LogP contribution in [0, 0.1) is 18.6 Å². The quantitative estimate of drug-likeness (QED) is 0.741. The predicted molar refractivity (Wildman–Crippen MR) is 89.7 cm³/mol. The molecule has 0 aliphatic rings. The van der Waals surface area contributed by atoms with Crippen LogP contribution in [0.2, 0.25) is 0 Å². The summed E-state index contributed by atoms with van der Waals surface area (Å²) in [5.74, 6) is -1.51. The summed E-state index contributed by atoms with van der Waals surface area (Å²) in [6.07, 6.45) is 0.197. The minimum absolute atomic E-state index is 0.197. The number of amides is 1. The maximum Gasteiger partial charge on any atom is 0.224 e. The summed E-state index contributed by atoms with van der Waals surface area (Å²) in [6, 6.07) is 10.6. The molecule has 3 aromatic rings. The Morgan fingerprint density at radius 2 is 1.96 bits per heavy atom. The van der Waals surface area contributed by atoms with Crippen LogP contribution in [0.3, 0.4) is 0 Å². The van der Waals surface area contributed by atoms with Crippen molar-refractivity contribution < 1.29 is 13.6 Å². The maximum atomic E-state index is 13.8. The first-order valence-corrected chi connectivity index (χ1v) is 7.76. The molecule has 1 heterocycles. The van der Waals surface area contributed by atoms with Gasteiger partial charge in [-0.25, -0.2) is 8.78 Å². The molecule has 1 atom stereocenters. The van der Waals surface area contributed by atoms with Crippen molar-refractivity contribution in [3.05, 3.63) is 70.9 Å². The Morgan fingerprint density at radius 3 is 2.71 bits per heavy atom. The first-order valence-electron chi connectivity index (χ1n) is 7.76. The summed E-state index contributed by atoms with van der Waals surface area (Å²) >= 11 is 0. The number of H-pyrrole nitrogens is 1. The Morgan fingerprint density at radius 1 is 1.21 bits per heavy atom. The lowest BCUT2D eigenvalue weighted by atomic mass is 10.1. The Hall–Kier alpha value is -2.69. The molecule has 0 radical (unpaired) electrons. The van der Waals surface area contributed by atoms with Gasteiger partial charge < -0.3 is 10.3 Å². The van der Waals surface area contributed by atoms with Gasteiger partial charge in [0.2, 0.25) is 5.91 Å². The molecule has 2 N–H and O–H groups in total. The predicted octanol–water partition coefficient (Wildman–Crippen LogP) is 4.17. The number of aryl methyl sites for hydroxylation is 1. The molecule has 0 bridgehead atoms. The maximum absolute atomic E-state index is 13.8. The summed E-state index contributed by atoms with van der Waals surface area (Å²) < 4.78 is 26.8. The van der Waals surface area contributed by atoms with Gasteiger partial charge in [0.25, 0.3) is 0 Å². The highest BCUT2D eigenvalue weighted by molar-refractivity contribution is 5.90. The minimum atomic E-state index is -0.661. The number of nitrogens with one attached hydrogen (secondary N) is 2. The van der Waals surface area contributed by atoms with E-state index in [1.54, 1.807) is 6.92 Å². The number of carbonyl (C=O) groups excluding carboxylic acids is 1. The van der Waals surface area contributed by atoms with Gasteiger partial charge in [-0.1, -0.05) is 24.3 Å². The molecule has 0 aliphatic carbocycles. The highest BCUT2D eigenvalue weighted by atomic mass is 19.1. The van der Waals surface area contributed by atoms with Crippen LogP contribution < -0.4 is 5.32 Å². The number of aromatic amines is 1. The van der Waals surface area contributed by atoms with E-state index in [1.807, 2.05) is 31.2 Å². The van der Waals surface area contributed by atoms with Crippen LogP contribution in [-0.2, 0) is 11.2 Å². The van der Waals surface area contributed by atoms with E-state index >= 15 is 0 Å². The number of rotatable bonds is 4. The van der Waals surface area contributed by atoms with E-state index in [-0.39, 0.29) is 17.9 Å². The molecule has 0 spiro atoms. The van der Waals surface area contributed by atoms with Gasteiger partial charge in [0.15, 0.2) is 0 Å².